The highest BCUT2D eigenvalue weighted by molar-refractivity contribution is 6.12. The second kappa shape index (κ2) is 3.55. The lowest BCUT2D eigenvalue weighted by molar-refractivity contribution is -0.124. The SMILES string of the molecule is O=C1CCC[C@@H]2Cc3ccccc3C(=O)[C@H]12. The lowest BCUT2D eigenvalue weighted by Crippen LogP contribution is -2.39. The number of benzene rings is 1. The lowest BCUT2D eigenvalue weighted by atomic mass is 9.67. The molecule has 1 saturated carbocycles. The molecule has 1 aromatic carbocycles. The molecular weight excluding hydrogens is 200 g/mol. The molecule has 0 saturated heterocycles. The fourth-order valence-electron chi connectivity index (χ4n) is 3.09. The summed E-state index contributed by atoms with van der Waals surface area (Å²) in [7, 11) is 0. The van der Waals surface area contributed by atoms with Crippen LogP contribution in [0.15, 0.2) is 24.3 Å². The van der Waals surface area contributed by atoms with Gasteiger partial charge in [0.05, 0.1) is 5.92 Å². The zero-order chi connectivity index (χ0) is 11.1. The van der Waals surface area contributed by atoms with Crippen molar-refractivity contribution in [3.05, 3.63) is 35.4 Å². The van der Waals surface area contributed by atoms with Gasteiger partial charge in [-0.1, -0.05) is 24.3 Å². The Labute approximate surface area is 94.7 Å². The molecule has 0 aliphatic heterocycles. The summed E-state index contributed by atoms with van der Waals surface area (Å²) in [6.07, 6.45) is 3.47. The van der Waals surface area contributed by atoms with Crippen LogP contribution in [0.4, 0.5) is 0 Å². The van der Waals surface area contributed by atoms with Gasteiger partial charge in [-0.25, -0.2) is 0 Å². The van der Waals surface area contributed by atoms with Gasteiger partial charge in [-0.2, -0.15) is 0 Å². The van der Waals surface area contributed by atoms with E-state index in [2.05, 4.69) is 0 Å². The molecule has 0 bridgehead atoms. The maximum atomic E-state index is 12.2. The molecule has 2 aliphatic rings. The molecule has 0 unspecified atom stereocenters. The highest BCUT2D eigenvalue weighted by atomic mass is 16.2. The van der Waals surface area contributed by atoms with E-state index in [1.807, 2.05) is 24.3 Å². The molecular formula is C14H14O2. The Morgan fingerprint density at radius 3 is 2.81 bits per heavy atom. The molecule has 2 nitrogen and oxygen atoms in total. The van der Waals surface area contributed by atoms with E-state index in [1.165, 1.54) is 0 Å². The fraction of sp³-hybridized carbons (Fsp3) is 0.429. The number of rotatable bonds is 0. The van der Waals surface area contributed by atoms with Gasteiger partial charge in [-0.15, -0.1) is 0 Å². The van der Waals surface area contributed by atoms with E-state index >= 15 is 0 Å². The largest absolute Gasteiger partial charge is 0.299 e. The number of hydrogen-bond acceptors (Lipinski definition) is 2. The number of hydrogen-bond donors (Lipinski definition) is 0. The van der Waals surface area contributed by atoms with Gasteiger partial charge in [0.1, 0.15) is 5.78 Å². The van der Waals surface area contributed by atoms with Crippen LogP contribution >= 0.6 is 0 Å². The molecule has 2 heteroatoms. The van der Waals surface area contributed by atoms with Crippen molar-refractivity contribution in [2.45, 2.75) is 25.7 Å². The molecule has 0 spiro atoms. The third kappa shape index (κ3) is 1.33. The van der Waals surface area contributed by atoms with Crippen LogP contribution in [0.25, 0.3) is 0 Å². The average molecular weight is 214 g/mol. The van der Waals surface area contributed by atoms with Crippen molar-refractivity contribution in [3.63, 3.8) is 0 Å². The minimum Gasteiger partial charge on any atom is -0.299 e. The number of carbonyl (C=O) groups is 2. The first-order valence-corrected chi connectivity index (χ1v) is 5.92. The Hall–Kier alpha value is -1.44. The topological polar surface area (TPSA) is 34.1 Å². The van der Waals surface area contributed by atoms with Gasteiger partial charge in [0, 0.05) is 12.0 Å². The first-order valence-electron chi connectivity index (χ1n) is 5.92. The molecule has 0 heterocycles. The first-order chi connectivity index (χ1) is 7.77. The monoisotopic (exact) mass is 214 g/mol. The second-order valence-corrected chi connectivity index (χ2v) is 4.82. The lowest BCUT2D eigenvalue weighted by Gasteiger charge is -2.34. The summed E-state index contributed by atoms with van der Waals surface area (Å²) in [5, 5.41) is 0. The summed E-state index contributed by atoms with van der Waals surface area (Å²) in [6, 6.07) is 7.72. The molecule has 16 heavy (non-hydrogen) atoms. The summed E-state index contributed by atoms with van der Waals surface area (Å²) in [4.78, 5) is 24.1. The van der Waals surface area contributed by atoms with Gasteiger partial charge in [-0.05, 0) is 30.7 Å². The van der Waals surface area contributed by atoms with Crippen LogP contribution in [0.3, 0.4) is 0 Å². The summed E-state index contributed by atoms with van der Waals surface area (Å²) in [5.41, 5.74) is 1.91. The normalized spacial score (nSPS) is 28.5. The molecule has 1 aromatic rings. The highest BCUT2D eigenvalue weighted by Crippen LogP contribution is 2.37. The van der Waals surface area contributed by atoms with E-state index in [0.29, 0.717) is 6.42 Å². The van der Waals surface area contributed by atoms with Crippen LogP contribution in [-0.4, -0.2) is 11.6 Å². The van der Waals surface area contributed by atoms with E-state index in [0.717, 1.165) is 30.4 Å². The standard InChI is InChI=1S/C14H14O2/c15-12-7-3-5-10-8-9-4-1-2-6-11(9)14(16)13(10)12/h1-2,4,6,10,13H,3,5,7-8H2/t10-,13+/m1/s1. The van der Waals surface area contributed by atoms with Crippen molar-refractivity contribution in [2.75, 3.05) is 0 Å². The number of ketones is 2. The molecule has 2 aliphatic carbocycles. The van der Waals surface area contributed by atoms with Crippen molar-refractivity contribution in [1.82, 2.24) is 0 Å². The van der Waals surface area contributed by atoms with Crippen LogP contribution in [0, 0.1) is 11.8 Å². The van der Waals surface area contributed by atoms with Crippen LogP contribution in [-0.2, 0) is 11.2 Å². The minimum atomic E-state index is -0.330. The zero-order valence-corrected chi connectivity index (χ0v) is 9.11. The van der Waals surface area contributed by atoms with Gasteiger partial charge < -0.3 is 0 Å². The average Bonchev–Trinajstić information content (AvgIpc) is 2.29. The van der Waals surface area contributed by atoms with Gasteiger partial charge in [-0.3, -0.25) is 9.59 Å². The Kier molecular flexibility index (Phi) is 2.16. The van der Waals surface area contributed by atoms with Crippen molar-refractivity contribution >= 4 is 11.6 Å². The molecule has 0 radical (unpaired) electrons. The highest BCUT2D eigenvalue weighted by Gasteiger charge is 2.41. The van der Waals surface area contributed by atoms with E-state index in [-0.39, 0.29) is 23.4 Å². The molecule has 82 valence electrons. The Balaban J connectivity index is 2.07. The number of Topliss-reactive ketones (excluding diaryl/α,β-unsaturated/α-hetero) is 2. The maximum Gasteiger partial charge on any atom is 0.173 e. The second-order valence-electron chi connectivity index (χ2n) is 4.82. The van der Waals surface area contributed by atoms with Crippen molar-refractivity contribution in [2.24, 2.45) is 11.8 Å². The van der Waals surface area contributed by atoms with E-state index in [1.54, 1.807) is 0 Å². The van der Waals surface area contributed by atoms with Crippen molar-refractivity contribution in [1.29, 1.82) is 0 Å². The molecule has 1 fully saturated rings. The molecule has 2 atom stereocenters. The third-order valence-electron chi connectivity index (χ3n) is 3.86. The molecule has 0 aromatic heterocycles. The predicted octanol–water partition coefficient (Wildman–Crippen LogP) is 2.41. The van der Waals surface area contributed by atoms with Gasteiger partial charge in [0.2, 0.25) is 0 Å². The zero-order valence-electron chi connectivity index (χ0n) is 9.11. The quantitative estimate of drug-likeness (QED) is 0.621. The molecule has 0 N–H and O–H groups in total. The van der Waals surface area contributed by atoms with Gasteiger partial charge >= 0.3 is 0 Å². The minimum absolute atomic E-state index is 0.0663. The van der Waals surface area contributed by atoms with Crippen LogP contribution in [0.2, 0.25) is 0 Å². The van der Waals surface area contributed by atoms with Crippen LogP contribution in [0.5, 0.6) is 0 Å². The van der Waals surface area contributed by atoms with E-state index in [4.69, 9.17) is 0 Å². The summed E-state index contributed by atoms with van der Waals surface area (Å²) < 4.78 is 0. The first kappa shape index (κ1) is 9.76. The molecule has 3 rings (SSSR count). The van der Waals surface area contributed by atoms with Crippen molar-refractivity contribution in [3.8, 4) is 0 Å². The van der Waals surface area contributed by atoms with Gasteiger partial charge in [0.15, 0.2) is 5.78 Å². The smallest absolute Gasteiger partial charge is 0.173 e. The Morgan fingerprint density at radius 2 is 1.94 bits per heavy atom. The van der Waals surface area contributed by atoms with Crippen LogP contribution < -0.4 is 0 Å². The summed E-state index contributed by atoms with van der Waals surface area (Å²) >= 11 is 0. The van der Waals surface area contributed by atoms with Crippen molar-refractivity contribution < 1.29 is 9.59 Å². The maximum absolute atomic E-state index is 12.2. The summed E-state index contributed by atoms with van der Waals surface area (Å²) in [6.45, 7) is 0. The van der Waals surface area contributed by atoms with E-state index < -0.39 is 0 Å². The molecule has 0 amide bonds. The fourth-order valence-corrected chi connectivity index (χ4v) is 3.09. The Bertz CT molecular complexity index is 462. The van der Waals surface area contributed by atoms with E-state index in [9.17, 15) is 9.59 Å². The summed E-state index contributed by atoms with van der Waals surface area (Å²) in [5.74, 6) is 0.166. The van der Waals surface area contributed by atoms with Gasteiger partial charge in [0.25, 0.3) is 0 Å². The van der Waals surface area contributed by atoms with Crippen LogP contribution in [0.1, 0.15) is 35.2 Å². The number of carbonyl (C=O) groups excluding carboxylic acids is 2. The predicted molar refractivity (Wildman–Crippen MR) is 60.3 cm³/mol. The Morgan fingerprint density at radius 1 is 1.12 bits per heavy atom. The number of fused-ring (bicyclic) bond motifs is 2. The third-order valence-corrected chi connectivity index (χ3v) is 3.86.